The molecule has 0 radical (unpaired) electrons. The molecule has 2 saturated heterocycles. The van der Waals surface area contributed by atoms with Gasteiger partial charge in [0.25, 0.3) is 0 Å². The summed E-state index contributed by atoms with van der Waals surface area (Å²) in [4.78, 5) is 9.60. The topological polar surface area (TPSA) is 28.6 Å². The monoisotopic (exact) mass is 283 g/mol. The number of nitrogens with zero attached hydrogens (tertiary/aromatic N) is 3. The molecule has 0 N–H and O–H groups in total. The Kier molecular flexibility index (Phi) is 3.28. The van der Waals surface area contributed by atoms with E-state index in [1.165, 1.54) is 10.8 Å². The molecule has 4 rings (SSSR count). The number of rotatable bonds is 1. The van der Waals surface area contributed by atoms with Gasteiger partial charge in [-0.25, -0.2) is 4.98 Å². The molecule has 2 atom stereocenters. The van der Waals surface area contributed by atoms with Crippen LogP contribution in [0, 0.1) is 5.92 Å². The predicted octanol–water partition coefficient (Wildman–Crippen LogP) is 2.00. The quantitative estimate of drug-likeness (QED) is 0.800. The van der Waals surface area contributed by atoms with Crippen molar-refractivity contribution in [1.82, 2.24) is 9.88 Å². The highest BCUT2D eigenvalue weighted by Gasteiger charge is 2.32. The van der Waals surface area contributed by atoms with Crippen LogP contribution in [0.5, 0.6) is 0 Å². The summed E-state index contributed by atoms with van der Waals surface area (Å²) in [6.07, 6.45) is 1.93. The van der Waals surface area contributed by atoms with E-state index in [2.05, 4.69) is 47.2 Å². The molecule has 1 aromatic carbocycles. The van der Waals surface area contributed by atoms with Gasteiger partial charge in [-0.1, -0.05) is 24.3 Å². The maximum atomic E-state index is 5.81. The lowest BCUT2D eigenvalue weighted by Crippen LogP contribution is -2.42. The smallest absolute Gasteiger partial charge is 0.136 e. The van der Waals surface area contributed by atoms with Gasteiger partial charge in [-0.05, 0) is 18.5 Å². The van der Waals surface area contributed by atoms with Crippen LogP contribution >= 0.6 is 0 Å². The highest BCUT2D eigenvalue weighted by Crippen LogP contribution is 2.28. The van der Waals surface area contributed by atoms with E-state index in [4.69, 9.17) is 9.72 Å². The minimum Gasteiger partial charge on any atom is -0.379 e. The molecule has 0 saturated carbocycles. The number of anilines is 1. The van der Waals surface area contributed by atoms with Crippen LogP contribution in [0.3, 0.4) is 0 Å². The Morgan fingerprint density at radius 1 is 1.10 bits per heavy atom. The summed E-state index contributed by atoms with van der Waals surface area (Å²) in [5.74, 6) is 1.68. The zero-order valence-corrected chi connectivity index (χ0v) is 12.4. The summed E-state index contributed by atoms with van der Waals surface area (Å²) in [5, 5.41) is 2.52. The van der Waals surface area contributed by atoms with E-state index in [-0.39, 0.29) is 0 Å². The van der Waals surface area contributed by atoms with E-state index in [0.29, 0.717) is 12.0 Å². The normalized spacial score (nSPS) is 26.8. The largest absolute Gasteiger partial charge is 0.379 e. The van der Waals surface area contributed by atoms with Gasteiger partial charge >= 0.3 is 0 Å². The number of benzene rings is 1. The molecule has 2 fully saturated rings. The van der Waals surface area contributed by atoms with Crippen LogP contribution in [0.1, 0.15) is 0 Å². The first-order valence-electron chi connectivity index (χ1n) is 7.68. The molecular weight excluding hydrogens is 262 g/mol. The zero-order valence-electron chi connectivity index (χ0n) is 12.4. The van der Waals surface area contributed by atoms with Gasteiger partial charge < -0.3 is 9.64 Å². The van der Waals surface area contributed by atoms with Crippen molar-refractivity contribution in [1.29, 1.82) is 0 Å². The first-order valence-corrected chi connectivity index (χ1v) is 7.68. The maximum absolute atomic E-state index is 5.81. The van der Waals surface area contributed by atoms with E-state index >= 15 is 0 Å². The highest BCUT2D eigenvalue weighted by atomic mass is 16.5. The average Bonchev–Trinajstić information content (AvgIpc) is 2.75. The molecule has 1 aromatic heterocycles. The van der Waals surface area contributed by atoms with E-state index in [1.807, 2.05) is 6.20 Å². The second-order valence-corrected chi connectivity index (χ2v) is 6.26. The lowest BCUT2D eigenvalue weighted by atomic mass is 10.1. The van der Waals surface area contributed by atoms with Gasteiger partial charge in [0.15, 0.2) is 0 Å². The Hall–Kier alpha value is -1.65. The molecule has 4 heteroatoms. The van der Waals surface area contributed by atoms with E-state index in [0.717, 1.165) is 38.7 Å². The Morgan fingerprint density at radius 3 is 2.95 bits per heavy atom. The van der Waals surface area contributed by atoms with Crippen LogP contribution in [0.25, 0.3) is 10.8 Å². The Morgan fingerprint density at radius 2 is 2.00 bits per heavy atom. The summed E-state index contributed by atoms with van der Waals surface area (Å²) >= 11 is 0. The van der Waals surface area contributed by atoms with E-state index in [1.54, 1.807) is 0 Å². The second kappa shape index (κ2) is 5.28. The number of likely N-dealkylation sites (N-methyl/N-ethyl adjacent to an activating group) is 1. The molecule has 2 bridgehead atoms. The summed E-state index contributed by atoms with van der Waals surface area (Å²) in [7, 11) is 2.21. The number of hydrogen-bond donors (Lipinski definition) is 0. The average molecular weight is 283 g/mol. The van der Waals surface area contributed by atoms with Crippen molar-refractivity contribution >= 4 is 16.6 Å². The third kappa shape index (κ3) is 2.39. The molecule has 2 aliphatic rings. The Balaban J connectivity index is 1.75. The number of hydrogen-bond acceptors (Lipinski definition) is 4. The summed E-state index contributed by atoms with van der Waals surface area (Å²) in [6.45, 7) is 4.83. The van der Waals surface area contributed by atoms with Gasteiger partial charge in [0.05, 0.1) is 19.3 Å². The van der Waals surface area contributed by atoms with Gasteiger partial charge in [-0.15, -0.1) is 0 Å². The van der Waals surface area contributed by atoms with E-state index in [9.17, 15) is 0 Å². The molecule has 3 heterocycles. The van der Waals surface area contributed by atoms with Crippen molar-refractivity contribution in [3.8, 4) is 0 Å². The first-order chi connectivity index (χ1) is 10.3. The van der Waals surface area contributed by atoms with Crippen molar-refractivity contribution in [2.24, 2.45) is 5.92 Å². The summed E-state index contributed by atoms with van der Waals surface area (Å²) < 4.78 is 5.81. The number of aromatic nitrogens is 1. The Bertz CT molecular complexity index is 639. The van der Waals surface area contributed by atoms with Crippen molar-refractivity contribution in [3.05, 3.63) is 36.5 Å². The summed E-state index contributed by atoms with van der Waals surface area (Å²) in [6, 6.07) is 11.1. The third-order valence-corrected chi connectivity index (χ3v) is 4.70. The van der Waals surface area contributed by atoms with Gasteiger partial charge in [0.2, 0.25) is 0 Å². The fraction of sp³-hybridized carbons (Fsp3) is 0.471. The number of pyridine rings is 1. The maximum Gasteiger partial charge on any atom is 0.136 e. The molecule has 2 aliphatic heterocycles. The van der Waals surface area contributed by atoms with Gasteiger partial charge in [0, 0.05) is 37.1 Å². The van der Waals surface area contributed by atoms with E-state index < -0.39 is 0 Å². The van der Waals surface area contributed by atoms with Crippen LogP contribution in [-0.4, -0.2) is 55.8 Å². The van der Waals surface area contributed by atoms with Crippen LogP contribution in [0.2, 0.25) is 0 Å². The van der Waals surface area contributed by atoms with Crippen molar-refractivity contribution in [2.75, 3.05) is 44.8 Å². The number of fused-ring (bicyclic) bond motifs is 4. The highest BCUT2D eigenvalue weighted by molar-refractivity contribution is 5.92. The third-order valence-electron chi connectivity index (χ3n) is 4.70. The standard InChI is InChI=1S/C17H21N3O/c1-19-8-13-9-20(10-15(19)12-21-11-13)17-16-5-3-2-4-14(16)6-7-18-17/h2-7,13,15H,8-12H2,1H3/t13-,15+/m1/s1. The molecule has 110 valence electrons. The first kappa shape index (κ1) is 13.0. The SMILES string of the molecule is CN1C[C@H]2COC[C@@H]1CN(c1nccc3ccccc13)C2. The van der Waals surface area contributed by atoms with Crippen LogP contribution in [0.4, 0.5) is 5.82 Å². The molecular formula is C17H21N3O. The predicted molar refractivity (Wildman–Crippen MR) is 84.7 cm³/mol. The van der Waals surface area contributed by atoms with Crippen molar-refractivity contribution in [2.45, 2.75) is 6.04 Å². The van der Waals surface area contributed by atoms with Crippen molar-refractivity contribution < 1.29 is 4.74 Å². The van der Waals surface area contributed by atoms with Crippen LogP contribution < -0.4 is 4.90 Å². The molecule has 2 aromatic rings. The fourth-order valence-electron chi connectivity index (χ4n) is 3.58. The molecule has 0 spiro atoms. The second-order valence-electron chi connectivity index (χ2n) is 6.26. The zero-order chi connectivity index (χ0) is 14.2. The fourth-order valence-corrected chi connectivity index (χ4v) is 3.58. The number of ether oxygens (including phenoxy) is 1. The molecule has 4 nitrogen and oxygen atoms in total. The molecule has 0 aliphatic carbocycles. The molecule has 21 heavy (non-hydrogen) atoms. The lowest BCUT2D eigenvalue weighted by molar-refractivity contribution is 0.0930. The van der Waals surface area contributed by atoms with Crippen LogP contribution in [-0.2, 0) is 4.74 Å². The van der Waals surface area contributed by atoms with Crippen LogP contribution in [0.15, 0.2) is 36.5 Å². The summed E-state index contributed by atoms with van der Waals surface area (Å²) in [5.41, 5.74) is 0. The lowest BCUT2D eigenvalue weighted by Gasteiger charge is -2.31. The molecule has 0 unspecified atom stereocenters. The molecule has 0 amide bonds. The minimum atomic E-state index is 0.457. The van der Waals surface area contributed by atoms with Gasteiger partial charge in [0.1, 0.15) is 5.82 Å². The van der Waals surface area contributed by atoms with Crippen molar-refractivity contribution in [3.63, 3.8) is 0 Å². The Labute approximate surface area is 125 Å². The van der Waals surface area contributed by atoms with Gasteiger partial charge in [-0.3, -0.25) is 4.90 Å². The van der Waals surface area contributed by atoms with Gasteiger partial charge in [-0.2, -0.15) is 0 Å². The minimum absolute atomic E-state index is 0.457.